The number of nitrogens with one attached hydrogen (secondary N) is 1. The fourth-order valence-electron chi connectivity index (χ4n) is 2.57. The summed E-state index contributed by atoms with van der Waals surface area (Å²) >= 11 is 0. The van der Waals surface area contributed by atoms with Crippen molar-refractivity contribution in [1.29, 1.82) is 0 Å². The van der Waals surface area contributed by atoms with Crippen LogP contribution in [0.5, 0.6) is 5.88 Å². The molecule has 7 heteroatoms. The number of rotatable bonds is 4. The van der Waals surface area contributed by atoms with E-state index in [1.165, 1.54) is 0 Å². The lowest BCUT2D eigenvalue weighted by atomic mass is 10.1. The minimum atomic E-state index is 0.281. The van der Waals surface area contributed by atoms with Gasteiger partial charge in [-0.3, -0.25) is 0 Å². The summed E-state index contributed by atoms with van der Waals surface area (Å²) in [4.78, 5) is 10.8. The van der Waals surface area contributed by atoms with E-state index in [0.717, 1.165) is 37.4 Å². The van der Waals surface area contributed by atoms with Gasteiger partial charge < -0.3 is 15.0 Å². The lowest BCUT2D eigenvalue weighted by molar-refractivity contribution is 0.397. The number of aromatic nitrogens is 4. The molecule has 116 valence electrons. The van der Waals surface area contributed by atoms with Gasteiger partial charge in [0.05, 0.1) is 12.8 Å². The van der Waals surface area contributed by atoms with E-state index >= 15 is 0 Å². The molecule has 1 saturated heterocycles. The molecule has 1 fully saturated rings. The molecule has 0 spiro atoms. The van der Waals surface area contributed by atoms with Gasteiger partial charge in [0, 0.05) is 31.4 Å². The quantitative estimate of drug-likeness (QED) is 0.920. The Labute approximate surface area is 129 Å². The minimum Gasteiger partial charge on any atom is -0.481 e. The van der Waals surface area contributed by atoms with E-state index in [1.54, 1.807) is 19.4 Å². The average molecular weight is 300 g/mol. The molecule has 0 radical (unpaired) electrons. The van der Waals surface area contributed by atoms with Gasteiger partial charge in [-0.2, -0.15) is 10.1 Å². The highest BCUT2D eigenvalue weighted by Gasteiger charge is 2.21. The van der Waals surface area contributed by atoms with Gasteiger partial charge in [0.1, 0.15) is 0 Å². The van der Waals surface area contributed by atoms with Gasteiger partial charge in [0.15, 0.2) is 5.82 Å². The molecule has 1 aliphatic heterocycles. The minimum absolute atomic E-state index is 0.281. The van der Waals surface area contributed by atoms with Gasteiger partial charge in [-0.15, -0.1) is 5.10 Å². The summed E-state index contributed by atoms with van der Waals surface area (Å²) in [5.74, 6) is 2.08. The summed E-state index contributed by atoms with van der Waals surface area (Å²) in [5, 5.41) is 11.8. The second-order valence-electron chi connectivity index (χ2n) is 5.39. The molecule has 0 bridgehead atoms. The summed E-state index contributed by atoms with van der Waals surface area (Å²) in [6.45, 7) is 3.80. The molecule has 0 amide bonds. The highest BCUT2D eigenvalue weighted by atomic mass is 16.5. The summed E-state index contributed by atoms with van der Waals surface area (Å²) in [6, 6.07) is 6.03. The Kier molecular flexibility index (Phi) is 4.32. The zero-order chi connectivity index (χ0) is 15.4. The Morgan fingerprint density at radius 3 is 2.95 bits per heavy atom. The normalized spacial score (nSPS) is 18.1. The fraction of sp³-hybridized carbons (Fsp3) is 0.467. The van der Waals surface area contributed by atoms with Crippen LogP contribution in [-0.4, -0.2) is 46.4 Å². The van der Waals surface area contributed by atoms with Crippen LogP contribution in [0, 0.1) is 6.92 Å². The number of nitrogens with zero attached hydrogens (tertiary/aromatic N) is 5. The van der Waals surface area contributed by atoms with E-state index in [1.807, 2.05) is 19.1 Å². The molecule has 7 nitrogen and oxygen atoms in total. The van der Waals surface area contributed by atoms with Gasteiger partial charge in [-0.25, -0.2) is 4.98 Å². The number of hydrogen-bond acceptors (Lipinski definition) is 7. The van der Waals surface area contributed by atoms with Crippen molar-refractivity contribution in [3.05, 3.63) is 30.1 Å². The van der Waals surface area contributed by atoms with E-state index in [-0.39, 0.29) is 6.04 Å². The molecule has 1 N–H and O–H groups in total. The van der Waals surface area contributed by atoms with Crippen LogP contribution in [0.3, 0.4) is 0 Å². The largest absolute Gasteiger partial charge is 0.481 e. The number of ether oxygens (including phenoxy) is 1. The standard InChI is InChI=1S/C15H20N6O/c1-11-5-6-13(20-19-11)21-9-3-4-12(10-21)17-15-16-8-7-14(18-15)22-2/h5-8,12H,3-4,9-10H2,1-2H3,(H,16,17,18). The number of aryl methyl sites for hydroxylation is 1. The van der Waals surface area contributed by atoms with Gasteiger partial charge in [-0.1, -0.05) is 0 Å². The number of methoxy groups -OCH3 is 1. The third-order valence-corrected chi connectivity index (χ3v) is 3.70. The van der Waals surface area contributed by atoms with Crippen molar-refractivity contribution in [2.24, 2.45) is 0 Å². The third-order valence-electron chi connectivity index (χ3n) is 3.70. The maximum Gasteiger partial charge on any atom is 0.226 e. The molecule has 0 aromatic carbocycles. The number of anilines is 2. The van der Waals surface area contributed by atoms with Crippen molar-refractivity contribution in [2.75, 3.05) is 30.4 Å². The van der Waals surface area contributed by atoms with Crippen molar-refractivity contribution >= 4 is 11.8 Å². The Bertz CT molecular complexity index is 618. The zero-order valence-corrected chi connectivity index (χ0v) is 12.9. The third kappa shape index (κ3) is 3.41. The maximum absolute atomic E-state index is 5.13. The van der Waals surface area contributed by atoms with Gasteiger partial charge in [0.25, 0.3) is 0 Å². The summed E-state index contributed by atoms with van der Waals surface area (Å²) in [5.41, 5.74) is 0.931. The SMILES string of the molecule is COc1ccnc(NC2CCCN(c3ccc(C)nn3)C2)n1. The van der Waals surface area contributed by atoms with Crippen molar-refractivity contribution in [3.8, 4) is 5.88 Å². The molecular weight excluding hydrogens is 280 g/mol. The van der Waals surface area contributed by atoms with Crippen LogP contribution in [0.25, 0.3) is 0 Å². The molecule has 2 aromatic rings. The summed E-state index contributed by atoms with van der Waals surface area (Å²) < 4.78 is 5.13. The second kappa shape index (κ2) is 6.55. The lowest BCUT2D eigenvalue weighted by Crippen LogP contribution is -2.42. The average Bonchev–Trinajstić information content (AvgIpc) is 2.56. The van der Waals surface area contributed by atoms with Crippen LogP contribution >= 0.6 is 0 Å². The molecule has 3 heterocycles. The molecule has 3 rings (SSSR count). The topological polar surface area (TPSA) is 76.1 Å². The van der Waals surface area contributed by atoms with Crippen LogP contribution in [0.1, 0.15) is 18.5 Å². The molecule has 2 aromatic heterocycles. The van der Waals surface area contributed by atoms with Gasteiger partial charge in [0.2, 0.25) is 11.8 Å². The molecule has 1 unspecified atom stereocenters. The van der Waals surface area contributed by atoms with E-state index in [0.29, 0.717) is 11.8 Å². The Hall–Kier alpha value is -2.44. The smallest absolute Gasteiger partial charge is 0.226 e. The monoisotopic (exact) mass is 300 g/mol. The van der Waals surface area contributed by atoms with Crippen molar-refractivity contribution in [2.45, 2.75) is 25.8 Å². The highest BCUT2D eigenvalue weighted by Crippen LogP contribution is 2.19. The van der Waals surface area contributed by atoms with E-state index < -0.39 is 0 Å². The van der Waals surface area contributed by atoms with Crippen molar-refractivity contribution < 1.29 is 4.74 Å². The van der Waals surface area contributed by atoms with Crippen LogP contribution in [0.2, 0.25) is 0 Å². The Morgan fingerprint density at radius 1 is 1.27 bits per heavy atom. The predicted octanol–water partition coefficient (Wildman–Crippen LogP) is 1.66. The Balaban J connectivity index is 1.66. The van der Waals surface area contributed by atoms with Crippen LogP contribution < -0.4 is 15.0 Å². The predicted molar refractivity (Wildman–Crippen MR) is 84.2 cm³/mol. The first-order valence-corrected chi connectivity index (χ1v) is 7.43. The van der Waals surface area contributed by atoms with E-state index in [4.69, 9.17) is 4.74 Å². The molecular formula is C15H20N6O. The first-order valence-electron chi connectivity index (χ1n) is 7.43. The zero-order valence-electron chi connectivity index (χ0n) is 12.9. The molecule has 1 atom stereocenters. The van der Waals surface area contributed by atoms with Crippen molar-refractivity contribution in [3.63, 3.8) is 0 Å². The second-order valence-corrected chi connectivity index (χ2v) is 5.39. The molecule has 22 heavy (non-hydrogen) atoms. The van der Waals surface area contributed by atoms with Crippen LogP contribution in [-0.2, 0) is 0 Å². The van der Waals surface area contributed by atoms with Crippen LogP contribution in [0.15, 0.2) is 24.4 Å². The van der Waals surface area contributed by atoms with E-state index in [9.17, 15) is 0 Å². The number of piperidine rings is 1. The highest BCUT2D eigenvalue weighted by molar-refractivity contribution is 5.39. The van der Waals surface area contributed by atoms with Crippen LogP contribution in [0.4, 0.5) is 11.8 Å². The molecule has 0 aliphatic carbocycles. The first kappa shape index (κ1) is 14.5. The summed E-state index contributed by atoms with van der Waals surface area (Å²) in [6.07, 6.45) is 3.87. The van der Waals surface area contributed by atoms with Gasteiger partial charge in [-0.05, 0) is 31.9 Å². The maximum atomic E-state index is 5.13. The summed E-state index contributed by atoms with van der Waals surface area (Å²) in [7, 11) is 1.60. The van der Waals surface area contributed by atoms with E-state index in [2.05, 4.69) is 30.4 Å². The number of hydrogen-bond donors (Lipinski definition) is 1. The molecule has 0 saturated carbocycles. The van der Waals surface area contributed by atoms with Crippen molar-refractivity contribution in [1.82, 2.24) is 20.2 Å². The fourth-order valence-corrected chi connectivity index (χ4v) is 2.57. The molecule has 1 aliphatic rings. The first-order chi connectivity index (χ1) is 10.7. The lowest BCUT2D eigenvalue weighted by Gasteiger charge is -2.33. The Morgan fingerprint density at radius 2 is 2.18 bits per heavy atom. The van der Waals surface area contributed by atoms with Gasteiger partial charge >= 0.3 is 0 Å².